The van der Waals surface area contributed by atoms with Crippen LogP contribution in [-0.4, -0.2) is 34.7 Å². The van der Waals surface area contributed by atoms with Crippen LogP contribution < -0.4 is 4.74 Å². The average Bonchev–Trinajstić information content (AvgIpc) is 3.82. The van der Waals surface area contributed by atoms with Gasteiger partial charge in [0.2, 0.25) is 5.91 Å². The van der Waals surface area contributed by atoms with Crippen molar-refractivity contribution in [1.29, 1.82) is 0 Å². The number of thiophene rings is 1. The van der Waals surface area contributed by atoms with Crippen LogP contribution in [0.2, 0.25) is 0 Å². The highest BCUT2D eigenvalue weighted by Crippen LogP contribution is 2.34. The van der Waals surface area contributed by atoms with Gasteiger partial charge in [0.25, 0.3) is 0 Å². The van der Waals surface area contributed by atoms with Crippen LogP contribution in [0.4, 0.5) is 18.0 Å². The summed E-state index contributed by atoms with van der Waals surface area (Å²) in [5.41, 5.74) is 2.36. The summed E-state index contributed by atoms with van der Waals surface area (Å²) in [7, 11) is 0. The maximum atomic E-state index is 13.5. The molecule has 5 aromatic rings. The van der Waals surface area contributed by atoms with E-state index in [2.05, 4.69) is 5.16 Å². The molecule has 0 saturated carbocycles. The molecule has 0 spiro atoms. The lowest BCUT2D eigenvalue weighted by Crippen LogP contribution is -2.40. The molecule has 45 heavy (non-hydrogen) atoms. The molecule has 1 aliphatic rings. The number of cyclic esters (lactones) is 1. The number of ether oxygens (including phenoxy) is 2. The number of nitrogens with zero attached hydrogens (tertiary/aromatic N) is 2. The second kappa shape index (κ2) is 13.0. The molecule has 1 unspecified atom stereocenters. The number of hydrogen-bond donors (Lipinski definition) is 0. The van der Waals surface area contributed by atoms with E-state index in [0.717, 1.165) is 33.0 Å². The number of halogens is 3. The Kier molecular flexibility index (Phi) is 8.70. The van der Waals surface area contributed by atoms with E-state index >= 15 is 0 Å². The van der Waals surface area contributed by atoms with Gasteiger partial charge in [0, 0.05) is 28.2 Å². The van der Waals surface area contributed by atoms with Crippen molar-refractivity contribution >= 4 is 23.3 Å². The zero-order valence-electron chi connectivity index (χ0n) is 23.8. The average molecular weight is 633 g/mol. The Hall–Kier alpha value is -4.90. The molecule has 0 bridgehead atoms. The standard InChI is InChI=1S/C34H27F3N2O5S/c35-34(36,37)25-10-6-24(7-11-25)31-15-14-28(45-31)21-42-27-12-8-23(9-13-27)29(30-16-17-44-38-30)19-32(40)39-26(20-43-33(39)41)18-22-4-2-1-3-5-22/h1-17,26,29H,18-21H2/t26-,29?/m0/s1. The van der Waals surface area contributed by atoms with Crippen LogP contribution in [0.25, 0.3) is 10.4 Å². The lowest BCUT2D eigenvalue weighted by Gasteiger charge is -2.22. The van der Waals surface area contributed by atoms with Crippen LogP contribution in [-0.2, 0) is 28.7 Å². The Labute approximate surface area is 260 Å². The second-order valence-electron chi connectivity index (χ2n) is 10.6. The number of imide groups is 1. The van der Waals surface area contributed by atoms with E-state index in [-0.39, 0.29) is 25.5 Å². The van der Waals surface area contributed by atoms with Gasteiger partial charge < -0.3 is 14.0 Å². The number of aromatic nitrogens is 1. The van der Waals surface area contributed by atoms with Gasteiger partial charge in [0.1, 0.15) is 25.2 Å². The smallest absolute Gasteiger partial charge is 0.416 e. The Morgan fingerprint density at radius 2 is 1.73 bits per heavy atom. The molecule has 1 aliphatic heterocycles. The summed E-state index contributed by atoms with van der Waals surface area (Å²) in [5.74, 6) is -0.243. The SMILES string of the molecule is O=C(CC(c1ccc(OCc2ccc(-c3ccc(C(F)(F)F)cc3)s2)cc1)c1ccon1)N1C(=O)OC[C@@H]1Cc1ccccc1. The van der Waals surface area contributed by atoms with Gasteiger partial charge in [-0.05, 0) is 59.5 Å². The molecule has 6 rings (SSSR count). The van der Waals surface area contributed by atoms with E-state index in [1.165, 1.54) is 34.6 Å². The van der Waals surface area contributed by atoms with E-state index in [0.29, 0.717) is 23.4 Å². The van der Waals surface area contributed by atoms with Crippen LogP contribution in [0, 0.1) is 0 Å². The quantitative estimate of drug-likeness (QED) is 0.155. The summed E-state index contributed by atoms with van der Waals surface area (Å²) < 4.78 is 55.0. The summed E-state index contributed by atoms with van der Waals surface area (Å²) in [6, 6.07) is 27.0. The summed E-state index contributed by atoms with van der Waals surface area (Å²) in [5, 5.41) is 4.07. The van der Waals surface area contributed by atoms with Crippen molar-refractivity contribution in [2.45, 2.75) is 37.6 Å². The fraction of sp³-hybridized carbons (Fsp3) is 0.206. The van der Waals surface area contributed by atoms with Crippen molar-refractivity contribution in [2.24, 2.45) is 0 Å². The third-order valence-electron chi connectivity index (χ3n) is 7.56. The second-order valence-corrected chi connectivity index (χ2v) is 11.7. The number of hydrogen-bond acceptors (Lipinski definition) is 7. The molecule has 1 fully saturated rings. The molecule has 0 N–H and O–H groups in total. The predicted molar refractivity (Wildman–Crippen MR) is 161 cm³/mol. The van der Waals surface area contributed by atoms with Gasteiger partial charge in [-0.1, -0.05) is 59.8 Å². The van der Waals surface area contributed by atoms with Gasteiger partial charge >= 0.3 is 12.3 Å². The largest absolute Gasteiger partial charge is 0.488 e. The van der Waals surface area contributed by atoms with Crippen LogP contribution in [0.15, 0.2) is 108 Å². The van der Waals surface area contributed by atoms with E-state index in [4.69, 9.17) is 14.0 Å². The van der Waals surface area contributed by atoms with Crippen LogP contribution in [0.3, 0.4) is 0 Å². The molecule has 1 saturated heterocycles. The van der Waals surface area contributed by atoms with Gasteiger partial charge in [0.05, 0.1) is 17.3 Å². The first kappa shape index (κ1) is 30.1. The fourth-order valence-corrected chi connectivity index (χ4v) is 6.18. The molecule has 2 atom stereocenters. The van der Waals surface area contributed by atoms with Crippen molar-refractivity contribution < 1.29 is 36.8 Å². The highest BCUT2D eigenvalue weighted by molar-refractivity contribution is 7.15. The molecule has 3 aromatic carbocycles. The Morgan fingerprint density at radius 1 is 0.978 bits per heavy atom. The number of amides is 2. The third-order valence-corrected chi connectivity index (χ3v) is 8.67. The maximum absolute atomic E-state index is 13.5. The first-order valence-corrected chi connectivity index (χ1v) is 15.0. The van der Waals surface area contributed by atoms with Gasteiger partial charge in [-0.2, -0.15) is 13.2 Å². The molecule has 230 valence electrons. The zero-order valence-corrected chi connectivity index (χ0v) is 24.6. The summed E-state index contributed by atoms with van der Waals surface area (Å²) in [4.78, 5) is 29.0. The van der Waals surface area contributed by atoms with Crippen molar-refractivity contribution in [3.05, 3.63) is 131 Å². The van der Waals surface area contributed by atoms with Crippen molar-refractivity contribution in [2.75, 3.05) is 6.61 Å². The van der Waals surface area contributed by atoms with Gasteiger partial charge in [-0.15, -0.1) is 11.3 Å². The minimum Gasteiger partial charge on any atom is -0.488 e. The zero-order chi connectivity index (χ0) is 31.4. The molecular weight excluding hydrogens is 605 g/mol. The van der Waals surface area contributed by atoms with Crippen LogP contribution in [0.1, 0.15) is 39.6 Å². The van der Waals surface area contributed by atoms with E-state index in [1.807, 2.05) is 54.6 Å². The van der Waals surface area contributed by atoms with E-state index < -0.39 is 29.8 Å². The number of alkyl halides is 3. The molecular formula is C34H27F3N2O5S. The predicted octanol–water partition coefficient (Wildman–Crippen LogP) is 8.11. The molecule has 7 nitrogen and oxygen atoms in total. The van der Waals surface area contributed by atoms with Gasteiger partial charge in [-0.3, -0.25) is 4.79 Å². The minimum absolute atomic E-state index is 0.0188. The Balaban J connectivity index is 1.11. The molecule has 3 heterocycles. The van der Waals surface area contributed by atoms with Crippen molar-refractivity contribution in [1.82, 2.24) is 10.1 Å². The maximum Gasteiger partial charge on any atom is 0.416 e. The third kappa shape index (κ3) is 7.09. The lowest BCUT2D eigenvalue weighted by atomic mass is 9.91. The highest BCUT2D eigenvalue weighted by atomic mass is 32.1. The Morgan fingerprint density at radius 3 is 2.42 bits per heavy atom. The topological polar surface area (TPSA) is 81.9 Å². The highest BCUT2D eigenvalue weighted by Gasteiger charge is 2.39. The van der Waals surface area contributed by atoms with E-state index in [1.54, 1.807) is 18.2 Å². The number of benzene rings is 3. The first-order valence-electron chi connectivity index (χ1n) is 14.2. The lowest BCUT2D eigenvalue weighted by molar-refractivity contribution is -0.137. The van der Waals surface area contributed by atoms with Gasteiger partial charge in [0.15, 0.2) is 0 Å². The van der Waals surface area contributed by atoms with Crippen molar-refractivity contribution in [3.8, 4) is 16.2 Å². The van der Waals surface area contributed by atoms with Crippen molar-refractivity contribution in [3.63, 3.8) is 0 Å². The first-order chi connectivity index (χ1) is 21.7. The van der Waals surface area contributed by atoms with E-state index in [9.17, 15) is 22.8 Å². The fourth-order valence-electron chi connectivity index (χ4n) is 5.26. The molecule has 2 amide bonds. The van der Waals surface area contributed by atoms with Crippen LogP contribution >= 0.6 is 11.3 Å². The molecule has 0 aliphatic carbocycles. The number of carbonyl (C=O) groups is 2. The minimum atomic E-state index is -4.37. The number of carbonyl (C=O) groups excluding carboxylic acids is 2. The summed E-state index contributed by atoms with van der Waals surface area (Å²) in [6.45, 7) is 0.409. The Bertz CT molecular complexity index is 1740. The van der Waals surface area contributed by atoms with Crippen LogP contribution in [0.5, 0.6) is 5.75 Å². The normalized spacial score (nSPS) is 15.6. The number of rotatable bonds is 10. The van der Waals surface area contributed by atoms with Gasteiger partial charge in [-0.25, -0.2) is 9.69 Å². The summed E-state index contributed by atoms with van der Waals surface area (Å²) >= 11 is 1.44. The molecule has 0 radical (unpaired) electrons. The summed E-state index contributed by atoms with van der Waals surface area (Å²) in [6.07, 6.45) is -3.12. The monoisotopic (exact) mass is 632 g/mol. The molecule has 11 heteroatoms. The molecule has 2 aromatic heterocycles.